The molecule has 1 fully saturated rings. The van der Waals surface area contributed by atoms with Crippen molar-refractivity contribution in [2.24, 2.45) is 0 Å². The van der Waals surface area contributed by atoms with Crippen LogP contribution >= 0.6 is 23.1 Å². The summed E-state index contributed by atoms with van der Waals surface area (Å²) in [5.41, 5.74) is 0.933. The quantitative estimate of drug-likeness (QED) is 0.802. The molecule has 2 unspecified atom stereocenters. The summed E-state index contributed by atoms with van der Waals surface area (Å²) in [5, 5.41) is 4.07. The maximum Gasteiger partial charge on any atom is 0.138 e. The molecule has 0 aliphatic carbocycles. The molecule has 0 bridgehead atoms. The monoisotopic (exact) mass is 245 g/mol. The van der Waals surface area contributed by atoms with Gasteiger partial charge in [-0.05, 0) is 26.7 Å². The van der Waals surface area contributed by atoms with E-state index in [9.17, 15) is 0 Å². The summed E-state index contributed by atoms with van der Waals surface area (Å²) in [7, 11) is 0. The SMILES string of the molecule is CC1CCCC(C)N1Cc1nnsc1Cl. The topological polar surface area (TPSA) is 29.0 Å². The average Bonchev–Trinajstić information content (AvgIpc) is 2.58. The summed E-state index contributed by atoms with van der Waals surface area (Å²) in [6, 6.07) is 1.26. The van der Waals surface area contributed by atoms with Crippen molar-refractivity contribution < 1.29 is 0 Å². The van der Waals surface area contributed by atoms with Gasteiger partial charge in [-0.15, -0.1) is 5.10 Å². The normalized spacial score (nSPS) is 28.2. The van der Waals surface area contributed by atoms with E-state index in [1.165, 1.54) is 30.8 Å². The molecule has 3 nitrogen and oxygen atoms in total. The Kier molecular flexibility index (Phi) is 3.59. The van der Waals surface area contributed by atoms with E-state index in [2.05, 4.69) is 28.3 Å². The molecule has 0 N–H and O–H groups in total. The number of nitrogens with zero attached hydrogens (tertiary/aromatic N) is 3. The number of rotatable bonds is 2. The molecule has 2 heterocycles. The Morgan fingerprint density at radius 1 is 1.40 bits per heavy atom. The van der Waals surface area contributed by atoms with Crippen LogP contribution in [0.5, 0.6) is 0 Å². The Bertz CT molecular complexity index is 318. The molecule has 15 heavy (non-hydrogen) atoms. The van der Waals surface area contributed by atoms with Crippen LogP contribution in [0.3, 0.4) is 0 Å². The van der Waals surface area contributed by atoms with Crippen molar-refractivity contribution in [2.45, 2.75) is 51.7 Å². The van der Waals surface area contributed by atoms with Crippen LogP contribution in [-0.2, 0) is 6.54 Å². The minimum atomic E-state index is 0.631. The zero-order chi connectivity index (χ0) is 10.8. The highest BCUT2D eigenvalue weighted by atomic mass is 35.5. The number of piperidine rings is 1. The van der Waals surface area contributed by atoms with Gasteiger partial charge >= 0.3 is 0 Å². The smallest absolute Gasteiger partial charge is 0.138 e. The van der Waals surface area contributed by atoms with E-state index >= 15 is 0 Å². The molecule has 1 aliphatic heterocycles. The van der Waals surface area contributed by atoms with E-state index < -0.39 is 0 Å². The second kappa shape index (κ2) is 4.76. The molecule has 1 aromatic rings. The lowest BCUT2D eigenvalue weighted by atomic mass is 9.97. The molecule has 2 rings (SSSR count). The van der Waals surface area contributed by atoms with Crippen LogP contribution in [0.4, 0.5) is 0 Å². The molecule has 1 aromatic heterocycles. The zero-order valence-electron chi connectivity index (χ0n) is 9.11. The van der Waals surface area contributed by atoms with Crippen LogP contribution in [0.15, 0.2) is 0 Å². The Morgan fingerprint density at radius 3 is 2.60 bits per heavy atom. The molecule has 0 spiro atoms. The van der Waals surface area contributed by atoms with Gasteiger partial charge in [-0.25, -0.2) is 0 Å². The summed E-state index contributed by atoms with van der Waals surface area (Å²) in [4.78, 5) is 2.48. The third-order valence-electron chi connectivity index (χ3n) is 3.22. The fraction of sp³-hybridized carbons (Fsp3) is 0.800. The molecule has 0 amide bonds. The largest absolute Gasteiger partial charge is 0.292 e. The maximum atomic E-state index is 6.02. The van der Waals surface area contributed by atoms with Gasteiger partial charge in [-0.3, -0.25) is 4.90 Å². The number of aromatic nitrogens is 2. The Morgan fingerprint density at radius 2 is 2.07 bits per heavy atom. The van der Waals surface area contributed by atoms with Crippen LogP contribution in [0, 0.1) is 0 Å². The Balaban J connectivity index is 2.06. The lowest BCUT2D eigenvalue weighted by Crippen LogP contribution is -2.43. The van der Waals surface area contributed by atoms with Gasteiger partial charge in [0, 0.05) is 30.2 Å². The highest BCUT2D eigenvalue weighted by Crippen LogP contribution is 2.26. The first-order valence-corrected chi connectivity index (χ1v) is 6.56. The summed E-state index contributed by atoms with van der Waals surface area (Å²) >= 11 is 7.29. The standard InChI is InChI=1S/C10H16ClN3S/c1-7-4-3-5-8(2)14(7)6-9-10(11)15-13-12-9/h7-8H,3-6H2,1-2H3. The molecule has 0 aromatic carbocycles. The van der Waals surface area contributed by atoms with E-state index in [0.29, 0.717) is 12.1 Å². The van der Waals surface area contributed by atoms with E-state index in [1.54, 1.807) is 0 Å². The summed E-state index contributed by atoms with van der Waals surface area (Å²) in [6.07, 6.45) is 3.89. The van der Waals surface area contributed by atoms with Crippen molar-refractivity contribution >= 4 is 23.1 Å². The summed E-state index contributed by atoms with van der Waals surface area (Å²) in [5.74, 6) is 0. The van der Waals surface area contributed by atoms with Crippen molar-refractivity contribution in [3.05, 3.63) is 10.0 Å². The fourth-order valence-electron chi connectivity index (χ4n) is 2.25. The third-order valence-corrected chi connectivity index (χ3v) is 4.20. The van der Waals surface area contributed by atoms with Gasteiger partial charge in [0.05, 0.1) is 0 Å². The zero-order valence-corrected chi connectivity index (χ0v) is 10.7. The van der Waals surface area contributed by atoms with Crippen molar-refractivity contribution in [1.29, 1.82) is 0 Å². The Labute approximate surface area is 99.6 Å². The first-order chi connectivity index (χ1) is 7.18. The first kappa shape index (κ1) is 11.3. The van der Waals surface area contributed by atoms with Gasteiger partial charge in [-0.1, -0.05) is 22.5 Å². The predicted molar refractivity (Wildman–Crippen MR) is 63.2 cm³/mol. The van der Waals surface area contributed by atoms with Crippen molar-refractivity contribution in [2.75, 3.05) is 0 Å². The number of hydrogen-bond acceptors (Lipinski definition) is 4. The van der Waals surface area contributed by atoms with Gasteiger partial charge < -0.3 is 0 Å². The molecule has 84 valence electrons. The lowest BCUT2D eigenvalue weighted by molar-refractivity contribution is 0.0938. The minimum Gasteiger partial charge on any atom is -0.292 e. The van der Waals surface area contributed by atoms with Crippen molar-refractivity contribution in [1.82, 2.24) is 14.5 Å². The summed E-state index contributed by atoms with van der Waals surface area (Å²) in [6.45, 7) is 5.41. The first-order valence-electron chi connectivity index (χ1n) is 5.41. The molecular formula is C10H16ClN3S. The molecule has 1 saturated heterocycles. The third kappa shape index (κ3) is 2.49. The van der Waals surface area contributed by atoms with Crippen molar-refractivity contribution in [3.63, 3.8) is 0 Å². The summed E-state index contributed by atoms with van der Waals surface area (Å²) < 4.78 is 4.61. The fourth-order valence-corrected chi connectivity index (χ4v) is 2.86. The van der Waals surface area contributed by atoms with Gasteiger partial charge in [-0.2, -0.15) is 0 Å². The number of halogens is 1. The minimum absolute atomic E-state index is 0.631. The van der Waals surface area contributed by atoms with Crippen LogP contribution < -0.4 is 0 Å². The van der Waals surface area contributed by atoms with Gasteiger partial charge in [0.25, 0.3) is 0 Å². The van der Waals surface area contributed by atoms with E-state index in [1.807, 2.05) is 0 Å². The molecule has 0 saturated carbocycles. The maximum absolute atomic E-state index is 6.02. The predicted octanol–water partition coefficient (Wildman–Crippen LogP) is 2.95. The second-order valence-corrected chi connectivity index (χ2v) is 5.65. The molecular weight excluding hydrogens is 230 g/mol. The Hall–Kier alpha value is -0.190. The number of likely N-dealkylation sites (tertiary alicyclic amines) is 1. The molecule has 1 aliphatic rings. The lowest BCUT2D eigenvalue weighted by Gasteiger charge is -2.38. The van der Waals surface area contributed by atoms with Crippen molar-refractivity contribution in [3.8, 4) is 0 Å². The average molecular weight is 246 g/mol. The number of hydrogen-bond donors (Lipinski definition) is 0. The van der Waals surface area contributed by atoms with Gasteiger partial charge in [0.1, 0.15) is 10.0 Å². The molecule has 2 atom stereocenters. The second-order valence-electron chi connectivity index (χ2n) is 4.29. The highest BCUT2D eigenvalue weighted by molar-refractivity contribution is 7.10. The van der Waals surface area contributed by atoms with Gasteiger partial charge in [0.15, 0.2) is 0 Å². The molecule has 0 radical (unpaired) electrons. The van der Waals surface area contributed by atoms with E-state index in [4.69, 9.17) is 11.6 Å². The van der Waals surface area contributed by atoms with Gasteiger partial charge in [0.2, 0.25) is 0 Å². The van der Waals surface area contributed by atoms with Crippen LogP contribution in [0.25, 0.3) is 0 Å². The molecule has 5 heteroatoms. The van der Waals surface area contributed by atoms with E-state index in [0.717, 1.165) is 16.6 Å². The highest BCUT2D eigenvalue weighted by Gasteiger charge is 2.25. The van der Waals surface area contributed by atoms with Crippen LogP contribution in [0.1, 0.15) is 38.8 Å². The van der Waals surface area contributed by atoms with Crippen LogP contribution in [0.2, 0.25) is 4.34 Å². The van der Waals surface area contributed by atoms with Crippen LogP contribution in [-0.4, -0.2) is 26.6 Å². The van der Waals surface area contributed by atoms with E-state index in [-0.39, 0.29) is 0 Å².